The summed E-state index contributed by atoms with van der Waals surface area (Å²) >= 11 is 0. The minimum atomic E-state index is -1.17. The Kier molecular flexibility index (Phi) is 10.2. The Morgan fingerprint density at radius 1 is 1.05 bits per heavy atom. The zero-order valence-corrected chi connectivity index (χ0v) is 23.1. The van der Waals surface area contributed by atoms with Crippen LogP contribution in [0.5, 0.6) is 0 Å². The third-order valence-electron chi connectivity index (χ3n) is 7.87. The molecule has 0 unspecified atom stereocenters. The van der Waals surface area contributed by atoms with E-state index in [0.29, 0.717) is 18.5 Å². The summed E-state index contributed by atoms with van der Waals surface area (Å²) in [4.78, 5) is 65.7. The molecular formula is C30H39N5O5. The molecule has 1 saturated carbocycles. The summed E-state index contributed by atoms with van der Waals surface area (Å²) in [6, 6.07) is 8.10. The summed E-state index contributed by atoms with van der Waals surface area (Å²) in [5.41, 5.74) is 1.26. The largest absolute Gasteiger partial charge is 0.356 e. The summed E-state index contributed by atoms with van der Waals surface area (Å²) < 4.78 is 1.52. The first-order valence-electron chi connectivity index (χ1n) is 14.3. The van der Waals surface area contributed by atoms with Gasteiger partial charge < -0.3 is 16.0 Å². The average molecular weight is 550 g/mol. The van der Waals surface area contributed by atoms with E-state index in [1.54, 1.807) is 13.2 Å². The highest BCUT2D eigenvalue weighted by atomic mass is 16.2. The van der Waals surface area contributed by atoms with E-state index in [1.165, 1.54) is 10.9 Å². The first-order valence-corrected chi connectivity index (χ1v) is 14.3. The molecule has 2 heterocycles. The number of hydrogen-bond acceptors (Lipinski definition) is 6. The minimum Gasteiger partial charge on any atom is -0.356 e. The summed E-state index contributed by atoms with van der Waals surface area (Å²) in [5, 5.41) is 12.5. The van der Waals surface area contributed by atoms with Gasteiger partial charge in [-0.1, -0.05) is 49.6 Å². The number of hydrogen-bond donors (Lipinski definition) is 3. The van der Waals surface area contributed by atoms with Gasteiger partial charge in [-0.05, 0) is 44.1 Å². The number of benzene rings is 1. The Labute approximate surface area is 234 Å². The maximum Gasteiger partial charge on any atom is 0.289 e. The lowest BCUT2D eigenvalue weighted by Gasteiger charge is -2.28. The molecular weight excluding hydrogens is 510 g/mol. The third-order valence-corrected chi connectivity index (χ3v) is 7.87. The summed E-state index contributed by atoms with van der Waals surface area (Å²) in [7, 11) is 1.71. The Balaban J connectivity index is 1.52. The Morgan fingerprint density at radius 2 is 1.80 bits per heavy atom. The van der Waals surface area contributed by atoms with Gasteiger partial charge in [0.25, 0.3) is 5.91 Å². The molecule has 4 rings (SSSR count). The lowest BCUT2D eigenvalue weighted by atomic mass is 9.88. The van der Waals surface area contributed by atoms with Crippen LogP contribution in [0.4, 0.5) is 0 Å². The summed E-state index contributed by atoms with van der Waals surface area (Å²) in [5.74, 6) is -3.69. The minimum absolute atomic E-state index is 0.0309. The fourth-order valence-corrected chi connectivity index (χ4v) is 5.59. The molecule has 10 heteroatoms. The predicted octanol–water partition coefficient (Wildman–Crippen LogP) is 2.27. The van der Waals surface area contributed by atoms with Gasteiger partial charge in [-0.15, -0.1) is 0 Å². The molecule has 0 radical (unpaired) electrons. The fraction of sp³-hybridized carbons (Fsp3) is 0.533. The number of amides is 3. The van der Waals surface area contributed by atoms with E-state index in [0.717, 1.165) is 44.1 Å². The van der Waals surface area contributed by atoms with E-state index >= 15 is 0 Å². The van der Waals surface area contributed by atoms with Gasteiger partial charge in [0.15, 0.2) is 5.78 Å². The highest BCUT2D eigenvalue weighted by Crippen LogP contribution is 2.22. The predicted molar refractivity (Wildman–Crippen MR) is 148 cm³/mol. The van der Waals surface area contributed by atoms with Crippen molar-refractivity contribution in [2.24, 2.45) is 18.9 Å². The van der Waals surface area contributed by atoms with Crippen LogP contribution in [0.25, 0.3) is 0 Å². The van der Waals surface area contributed by atoms with Crippen molar-refractivity contribution < 1.29 is 24.0 Å². The van der Waals surface area contributed by atoms with Crippen molar-refractivity contribution in [1.29, 1.82) is 0 Å². The van der Waals surface area contributed by atoms with E-state index in [-0.39, 0.29) is 37.0 Å². The maximum atomic E-state index is 13.7. The number of ketones is 2. The van der Waals surface area contributed by atoms with Gasteiger partial charge in [0.1, 0.15) is 0 Å². The Hall–Kier alpha value is -3.82. The second-order valence-electron chi connectivity index (χ2n) is 11.0. The average Bonchev–Trinajstić information content (AvgIpc) is 3.40. The molecule has 0 spiro atoms. The van der Waals surface area contributed by atoms with Crippen LogP contribution in [-0.2, 0) is 32.6 Å². The van der Waals surface area contributed by atoms with Crippen LogP contribution in [0.3, 0.4) is 0 Å². The van der Waals surface area contributed by atoms with Crippen LogP contribution >= 0.6 is 0 Å². The van der Waals surface area contributed by atoms with Gasteiger partial charge >= 0.3 is 0 Å². The van der Waals surface area contributed by atoms with Crippen molar-refractivity contribution >= 4 is 29.3 Å². The van der Waals surface area contributed by atoms with Crippen LogP contribution in [0, 0.1) is 11.8 Å². The van der Waals surface area contributed by atoms with Gasteiger partial charge in [-0.25, -0.2) is 0 Å². The number of Topliss-reactive ketones (excluding diaryl/α,β-unsaturated/α-hetero) is 2. The molecule has 2 aliphatic rings. The second kappa shape index (κ2) is 14.0. The molecule has 214 valence electrons. The Morgan fingerprint density at radius 3 is 2.48 bits per heavy atom. The van der Waals surface area contributed by atoms with E-state index in [4.69, 9.17) is 0 Å². The van der Waals surface area contributed by atoms with Gasteiger partial charge in [-0.3, -0.25) is 28.7 Å². The summed E-state index contributed by atoms with van der Waals surface area (Å²) in [6.45, 7) is 0.568. The van der Waals surface area contributed by atoms with Gasteiger partial charge in [-0.2, -0.15) is 5.10 Å². The van der Waals surface area contributed by atoms with Crippen molar-refractivity contribution in [3.63, 3.8) is 0 Å². The van der Waals surface area contributed by atoms with Crippen molar-refractivity contribution in [1.82, 2.24) is 25.7 Å². The molecule has 10 nitrogen and oxygen atoms in total. The van der Waals surface area contributed by atoms with E-state index in [9.17, 15) is 24.0 Å². The van der Waals surface area contributed by atoms with Crippen LogP contribution in [0.1, 0.15) is 73.7 Å². The maximum absolute atomic E-state index is 13.7. The van der Waals surface area contributed by atoms with E-state index in [2.05, 4.69) is 21.0 Å². The molecule has 3 N–H and O–H groups in total. The Bertz CT molecular complexity index is 1200. The summed E-state index contributed by atoms with van der Waals surface area (Å²) in [6.07, 6.45) is 9.34. The zero-order chi connectivity index (χ0) is 28.5. The quantitative estimate of drug-likeness (QED) is 0.274. The van der Waals surface area contributed by atoms with Crippen molar-refractivity contribution in [3.8, 4) is 0 Å². The topological polar surface area (TPSA) is 139 Å². The van der Waals surface area contributed by atoms with E-state index < -0.39 is 35.5 Å². The molecule has 1 aliphatic heterocycles. The molecule has 2 fully saturated rings. The number of rotatable bonds is 12. The molecule has 1 saturated heterocycles. The number of nitrogens with one attached hydrogen (secondary N) is 3. The van der Waals surface area contributed by atoms with Gasteiger partial charge in [0.05, 0.1) is 17.8 Å². The zero-order valence-electron chi connectivity index (χ0n) is 23.1. The smallest absolute Gasteiger partial charge is 0.289 e. The van der Waals surface area contributed by atoms with Crippen molar-refractivity contribution in [2.75, 3.05) is 6.54 Å². The number of nitrogens with zero attached hydrogens (tertiary/aromatic N) is 2. The number of piperidine rings is 1. The fourth-order valence-electron chi connectivity index (χ4n) is 5.59. The lowest BCUT2D eigenvalue weighted by Crippen LogP contribution is -2.53. The highest BCUT2D eigenvalue weighted by molar-refractivity contribution is 6.38. The van der Waals surface area contributed by atoms with Crippen LogP contribution in [-0.4, -0.2) is 57.7 Å². The molecule has 0 bridgehead atoms. The molecule has 2 aromatic rings. The first-order chi connectivity index (χ1) is 19.3. The molecule has 3 atom stereocenters. The number of aryl methyl sites for hydroxylation is 1. The lowest BCUT2D eigenvalue weighted by molar-refractivity contribution is -0.141. The molecule has 1 aromatic heterocycles. The monoisotopic (exact) mass is 549 g/mol. The van der Waals surface area contributed by atoms with Gasteiger partial charge in [0.2, 0.25) is 17.6 Å². The SMILES string of the molecule is Cn1cc(C(=O)C[C@@H](Cc2ccccc2)C(=O)N[C@@H](C[C@@H]2CCCNC2=O)C(=O)C(=O)NC2CCCCC2)cn1. The normalized spacial score (nSPS) is 19.2. The number of aromatic nitrogens is 2. The van der Waals surface area contributed by atoms with Gasteiger partial charge in [0, 0.05) is 44.1 Å². The molecule has 1 aromatic carbocycles. The van der Waals surface area contributed by atoms with Crippen LogP contribution in [0.2, 0.25) is 0 Å². The highest BCUT2D eigenvalue weighted by Gasteiger charge is 2.35. The number of carbonyl (C=O) groups excluding carboxylic acids is 5. The van der Waals surface area contributed by atoms with Crippen LogP contribution < -0.4 is 16.0 Å². The molecule has 3 amide bonds. The van der Waals surface area contributed by atoms with E-state index in [1.807, 2.05) is 30.3 Å². The molecule has 1 aliphatic carbocycles. The third kappa shape index (κ3) is 8.09. The van der Waals surface area contributed by atoms with Crippen LogP contribution in [0.15, 0.2) is 42.7 Å². The molecule has 40 heavy (non-hydrogen) atoms. The standard InChI is InChI=1S/C30H39N5O5/c1-35-19-23(18-32-35)26(36)17-22(15-20-9-4-2-5-10-20)29(39)34-25(16-21-11-8-14-31-28(21)38)27(37)30(40)33-24-12-6-3-7-13-24/h2,4-5,9-10,18-19,21-22,24-25H,3,6-8,11-17H2,1H3,(H,31,38)(H,33,40)(H,34,39)/t21-,22+,25-/m0/s1. The second-order valence-corrected chi connectivity index (χ2v) is 11.0. The first kappa shape index (κ1) is 29.2. The van der Waals surface area contributed by atoms with Crippen molar-refractivity contribution in [3.05, 3.63) is 53.9 Å². The number of carbonyl (C=O) groups is 5. The van der Waals surface area contributed by atoms with Crippen molar-refractivity contribution in [2.45, 2.75) is 76.3 Å².